The fourth-order valence-electron chi connectivity index (χ4n) is 5.01. The van der Waals surface area contributed by atoms with Crippen molar-refractivity contribution in [3.63, 3.8) is 0 Å². The van der Waals surface area contributed by atoms with E-state index in [0.717, 1.165) is 54.8 Å². The maximum absolute atomic E-state index is 13.8. The van der Waals surface area contributed by atoms with E-state index in [1.165, 1.54) is 11.1 Å². The van der Waals surface area contributed by atoms with E-state index in [9.17, 15) is 9.59 Å². The van der Waals surface area contributed by atoms with Gasteiger partial charge in [0.2, 0.25) is 0 Å². The highest BCUT2D eigenvalue weighted by Crippen LogP contribution is 2.18. The summed E-state index contributed by atoms with van der Waals surface area (Å²) in [7, 11) is 2.16. The number of benzene rings is 3. The van der Waals surface area contributed by atoms with Gasteiger partial charge in [0, 0.05) is 55.9 Å². The molecule has 5 rings (SSSR count). The Hall–Kier alpha value is -3.16. The van der Waals surface area contributed by atoms with Gasteiger partial charge in [-0.25, -0.2) is 0 Å². The SMILES string of the molecule is Cc1ccc(CN(Cc2cc3cc(C)ccc3[nH]c2=O)C(=O)c2ccc(CN3CCN(C)CC3)cc2)cc1.Cl.Cl. The molecule has 3 aromatic carbocycles. The molecule has 0 radical (unpaired) electrons. The molecule has 6 nitrogen and oxygen atoms in total. The van der Waals surface area contributed by atoms with Crippen LogP contribution in [-0.2, 0) is 19.6 Å². The molecular formula is C32H38Cl2N4O2. The number of hydrogen-bond acceptors (Lipinski definition) is 4. The summed E-state index contributed by atoms with van der Waals surface area (Å²) >= 11 is 0. The van der Waals surface area contributed by atoms with Gasteiger partial charge in [-0.3, -0.25) is 14.5 Å². The van der Waals surface area contributed by atoms with E-state index < -0.39 is 0 Å². The number of aromatic amines is 1. The Kier molecular flexibility index (Phi) is 10.9. The van der Waals surface area contributed by atoms with Crippen LogP contribution in [0, 0.1) is 13.8 Å². The van der Waals surface area contributed by atoms with E-state index in [0.29, 0.717) is 17.7 Å². The molecule has 1 aliphatic heterocycles. The number of fused-ring (bicyclic) bond motifs is 1. The lowest BCUT2D eigenvalue weighted by molar-refractivity contribution is 0.0729. The van der Waals surface area contributed by atoms with Gasteiger partial charge in [-0.1, -0.05) is 53.6 Å². The van der Waals surface area contributed by atoms with Crippen LogP contribution in [-0.4, -0.2) is 58.8 Å². The second-order valence-electron chi connectivity index (χ2n) is 10.6. The van der Waals surface area contributed by atoms with Crippen LogP contribution in [0.25, 0.3) is 10.9 Å². The molecule has 1 saturated heterocycles. The van der Waals surface area contributed by atoms with Crippen molar-refractivity contribution >= 4 is 41.6 Å². The largest absolute Gasteiger partial charge is 0.330 e. The topological polar surface area (TPSA) is 59.7 Å². The van der Waals surface area contributed by atoms with Gasteiger partial charge in [-0.05, 0) is 67.7 Å². The van der Waals surface area contributed by atoms with Gasteiger partial charge in [0.15, 0.2) is 0 Å². The highest BCUT2D eigenvalue weighted by atomic mass is 35.5. The average Bonchev–Trinajstić information content (AvgIpc) is 2.91. The number of amides is 1. The smallest absolute Gasteiger partial charge is 0.254 e. The van der Waals surface area contributed by atoms with Crippen molar-refractivity contribution in [2.24, 2.45) is 0 Å². The minimum atomic E-state index is -0.161. The maximum Gasteiger partial charge on any atom is 0.254 e. The second kappa shape index (κ2) is 14.0. The van der Waals surface area contributed by atoms with Crippen LogP contribution in [0.3, 0.4) is 0 Å². The summed E-state index contributed by atoms with van der Waals surface area (Å²) < 4.78 is 0. The molecule has 1 aromatic heterocycles. The molecule has 8 heteroatoms. The monoisotopic (exact) mass is 580 g/mol. The van der Waals surface area contributed by atoms with E-state index in [1.54, 1.807) is 4.90 Å². The zero-order chi connectivity index (χ0) is 26.6. The van der Waals surface area contributed by atoms with Crippen LogP contribution >= 0.6 is 24.8 Å². The molecule has 0 aliphatic carbocycles. The normalized spacial score (nSPS) is 13.9. The minimum Gasteiger partial charge on any atom is -0.330 e. The predicted molar refractivity (Wildman–Crippen MR) is 168 cm³/mol. The maximum atomic E-state index is 13.8. The quantitative estimate of drug-likeness (QED) is 0.310. The first kappa shape index (κ1) is 31.4. The van der Waals surface area contributed by atoms with Crippen LogP contribution < -0.4 is 5.56 Å². The second-order valence-corrected chi connectivity index (χ2v) is 10.6. The van der Waals surface area contributed by atoms with Gasteiger partial charge < -0.3 is 14.8 Å². The Balaban J connectivity index is 0.00000220. The molecule has 1 aliphatic rings. The number of carbonyl (C=O) groups excluding carboxylic acids is 1. The predicted octanol–water partition coefficient (Wildman–Crippen LogP) is 5.58. The fraction of sp³-hybridized carbons (Fsp3) is 0.312. The summed E-state index contributed by atoms with van der Waals surface area (Å²) in [5.74, 6) is -0.0829. The number of aromatic nitrogens is 1. The van der Waals surface area contributed by atoms with E-state index in [2.05, 4.69) is 52.2 Å². The van der Waals surface area contributed by atoms with Crippen molar-refractivity contribution in [1.29, 1.82) is 0 Å². The third-order valence-electron chi connectivity index (χ3n) is 7.42. The van der Waals surface area contributed by atoms with Crippen LogP contribution in [0.15, 0.2) is 77.6 Å². The molecule has 0 bridgehead atoms. The highest BCUT2D eigenvalue weighted by Gasteiger charge is 2.20. The van der Waals surface area contributed by atoms with Gasteiger partial charge in [-0.2, -0.15) is 0 Å². The highest BCUT2D eigenvalue weighted by molar-refractivity contribution is 5.94. The molecule has 1 N–H and O–H groups in total. The standard InChI is InChI=1S/C32H36N4O2.2ClH/c1-23-4-7-26(8-5-23)21-36(22-29-19-28-18-24(2)6-13-30(28)33-31(29)37)32(38)27-11-9-25(10-12-27)20-35-16-14-34(3)15-17-35;;/h4-13,18-19H,14-17,20-22H2,1-3H3,(H,33,37);2*1H. The number of rotatable bonds is 7. The zero-order valence-electron chi connectivity index (χ0n) is 23.4. The van der Waals surface area contributed by atoms with Gasteiger partial charge in [0.1, 0.15) is 0 Å². The van der Waals surface area contributed by atoms with Crippen molar-refractivity contribution in [2.45, 2.75) is 33.5 Å². The summed E-state index contributed by atoms with van der Waals surface area (Å²) in [6, 6.07) is 24.0. The van der Waals surface area contributed by atoms with E-state index in [1.807, 2.05) is 56.3 Å². The van der Waals surface area contributed by atoms with Crippen molar-refractivity contribution in [1.82, 2.24) is 19.7 Å². The Morgan fingerprint density at radius 2 is 1.43 bits per heavy atom. The Morgan fingerprint density at radius 3 is 2.10 bits per heavy atom. The summed E-state index contributed by atoms with van der Waals surface area (Å²) in [6.45, 7) is 9.90. The third kappa shape index (κ3) is 7.73. The van der Waals surface area contributed by atoms with Gasteiger partial charge in [0.25, 0.3) is 11.5 Å². The lowest BCUT2D eigenvalue weighted by Crippen LogP contribution is -2.43. The number of hydrogen-bond donors (Lipinski definition) is 1. The third-order valence-corrected chi connectivity index (χ3v) is 7.42. The molecule has 2 heterocycles. The molecule has 40 heavy (non-hydrogen) atoms. The first-order valence-corrected chi connectivity index (χ1v) is 13.3. The molecule has 0 unspecified atom stereocenters. The summed E-state index contributed by atoms with van der Waals surface area (Å²) in [4.78, 5) is 36.3. The molecule has 1 fully saturated rings. The van der Waals surface area contributed by atoms with Gasteiger partial charge in [0.05, 0.1) is 6.54 Å². The molecule has 0 spiro atoms. The summed E-state index contributed by atoms with van der Waals surface area (Å²) in [5.41, 5.74) is 6.38. The number of piperazine rings is 1. The first-order chi connectivity index (χ1) is 18.3. The van der Waals surface area contributed by atoms with Gasteiger partial charge in [-0.15, -0.1) is 24.8 Å². The van der Waals surface area contributed by atoms with Crippen LogP contribution in [0.5, 0.6) is 0 Å². The van der Waals surface area contributed by atoms with Crippen molar-refractivity contribution in [2.75, 3.05) is 33.2 Å². The van der Waals surface area contributed by atoms with Gasteiger partial charge >= 0.3 is 0 Å². The minimum absolute atomic E-state index is 0. The number of carbonyl (C=O) groups is 1. The van der Waals surface area contributed by atoms with Crippen LogP contribution in [0.4, 0.5) is 0 Å². The Morgan fingerprint density at radius 1 is 0.800 bits per heavy atom. The number of pyridine rings is 1. The van der Waals surface area contributed by atoms with Crippen molar-refractivity contribution < 1.29 is 4.79 Å². The molecular weight excluding hydrogens is 543 g/mol. The Bertz CT molecular complexity index is 1480. The number of nitrogens with one attached hydrogen (secondary N) is 1. The number of aryl methyl sites for hydroxylation is 2. The number of nitrogens with zero attached hydrogens (tertiary/aromatic N) is 3. The Labute approximate surface area is 248 Å². The number of halogens is 2. The van der Waals surface area contributed by atoms with Crippen LogP contribution in [0.2, 0.25) is 0 Å². The van der Waals surface area contributed by atoms with Crippen LogP contribution in [0.1, 0.15) is 38.2 Å². The first-order valence-electron chi connectivity index (χ1n) is 13.3. The number of likely N-dealkylation sites (N-methyl/N-ethyl adjacent to an activating group) is 1. The summed E-state index contributed by atoms with van der Waals surface area (Å²) in [5, 5.41) is 0.968. The molecule has 0 atom stereocenters. The zero-order valence-corrected chi connectivity index (χ0v) is 25.0. The fourth-order valence-corrected chi connectivity index (χ4v) is 5.01. The van der Waals surface area contributed by atoms with Crippen molar-refractivity contribution in [3.05, 3.63) is 117 Å². The summed E-state index contributed by atoms with van der Waals surface area (Å²) in [6.07, 6.45) is 0. The molecule has 212 valence electrons. The molecule has 1 amide bonds. The van der Waals surface area contributed by atoms with Crippen molar-refractivity contribution in [3.8, 4) is 0 Å². The lowest BCUT2D eigenvalue weighted by atomic mass is 10.1. The average molecular weight is 582 g/mol. The molecule has 0 saturated carbocycles. The van der Waals surface area contributed by atoms with E-state index in [-0.39, 0.29) is 42.8 Å². The van der Waals surface area contributed by atoms with E-state index in [4.69, 9.17) is 0 Å². The number of H-pyrrole nitrogens is 1. The van der Waals surface area contributed by atoms with E-state index >= 15 is 0 Å². The lowest BCUT2D eigenvalue weighted by Gasteiger charge is -2.32. The molecule has 4 aromatic rings.